The Morgan fingerprint density at radius 3 is 2.21 bits per heavy atom. The van der Waals surface area contributed by atoms with Crippen LogP contribution in [0.3, 0.4) is 0 Å². The number of esters is 1. The smallest absolute Gasteiger partial charge is 0.307 e. The lowest BCUT2D eigenvalue weighted by Crippen LogP contribution is -2.31. The molecule has 0 aromatic carbocycles. The fraction of sp³-hybridized carbons (Fsp3) is 0.938. The number of hydrogen-bond donors (Lipinski definition) is 1. The molecule has 0 bridgehead atoms. The van der Waals surface area contributed by atoms with Crippen LogP contribution in [0.2, 0.25) is 0 Å². The zero-order valence-corrected chi connectivity index (χ0v) is 13.2. The summed E-state index contributed by atoms with van der Waals surface area (Å²) in [7, 11) is 0. The molecule has 0 fully saturated rings. The lowest BCUT2D eigenvalue weighted by atomic mass is 10.0. The Hall–Kier alpha value is -0.570. The first-order valence-electron chi connectivity index (χ1n) is 8.13. The minimum atomic E-state index is -0.0728. The fourth-order valence-corrected chi connectivity index (χ4v) is 2.33. The van der Waals surface area contributed by atoms with Crippen LogP contribution >= 0.6 is 0 Å². The lowest BCUT2D eigenvalue weighted by molar-refractivity contribution is -0.143. The van der Waals surface area contributed by atoms with E-state index in [1.54, 1.807) is 0 Å². The number of carbonyl (C=O) groups is 1. The zero-order valence-electron chi connectivity index (χ0n) is 13.2. The Morgan fingerprint density at radius 1 is 1.00 bits per heavy atom. The van der Waals surface area contributed by atoms with Crippen LogP contribution in [0.1, 0.15) is 78.6 Å². The minimum absolute atomic E-state index is 0.0728. The second kappa shape index (κ2) is 13.9. The van der Waals surface area contributed by atoms with Crippen molar-refractivity contribution in [2.24, 2.45) is 0 Å². The maximum Gasteiger partial charge on any atom is 0.307 e. The number of carbonyl (C=O) groups excluding carboxylic acids is 1. The molecule has 0 spiro atoms. The Labute approximate surface area is 119 Å². The summed E-state index contributed by atoms with van der Waals surface area (Å²) in [5.41, 5.74) is 0. The van der Waals surface area contributed by atoms with E-state index in [0.717, 1.165) is 13.0 Å². The molecular formula is C16H33NO2. The number of unbranched alkanes of at least 4 members (excludes halogenated alkanes) is 6. The maximum atomic E-state index is 11.5. The van der Waals surface area contributed by atoms with Crippen molar-refractivity contribution in [1.82, 2.24) is 5.32 Å². The minimum Gasteiger partial charge on any atom is -0.466 e. The fourth-order valence-electron chi connectivity index (χ4n) is 2.33. The Bertz CT molecular complexity index is 207. The van der Waals surface area contributed by atoms with Crippen molar-refractivity contribution in [3.8, 4) is 0 Å². The summed E-state index contributed by atoms with van der Waals surface area (Å²) >= 11 is 0. The molecule has 0 aliphatic heterocycles. The highest BCUT2D eigenvalue weighted by Crippen LogP contribution is 2.11. The van der Waals surface area contributed by atoms with E-state index in [4.69, 9.17) is 4.74 Å². The molecule has 0 saturated heterocycles. The van der Waals surface area contributed by atoms with Crippen LogP contribution in [0.5, 0.6) is 0 Å². The van der Waals surface area contributed by atoms with Gasteiger partial charge in [-0.05, 0) is 19.9 Å². The highest BCUT2D eigenvalue weighted by atomic mass is 16.5. The summed E-state index contributed by atoms with van der Waals surface area (Å²) in [6.07, 6.45) is 10.8. The average molecular weight is 271 g/mol. The monoisotopic (exact) mass is 271 g/mol. The predicted octanol–water partition coefficient (Wildman–Crippen LogP) is 4.06. The van der Waals surface area contributed by atoms with E-state index in [-0.39, 0.29) is 5.97 Å². The SMILES string of the molecule is CCCCCCCCCC(CC(=O)OCC)NCC. The van der Waals surface area contributed by atoms with E-state index in [1.165, 1.54) is 44.9 Å². The average Bonchev–Trinajstić information content (AvgIpc) is 2.38. The molecule has 3 nitrogen and oxygen atoms in total. The van der Waals surface area contributed by atoms with E-state index in [2.05, 4.69) is 19.2 Å². The first-order valence-corrected chi connectivity index (χ1v) is 8.13. The van der Waals surface area contributed by atoms with Crippen molar-refractivity contribution >= 4 is 5.97 Å². The maximum absolute atomic E-state index is 11.5. The van der Waals surface area contributed by atoms with Crippen LogP contribution in [-0.2, 0) is 9.53 Å². The Kier molecular flexibility index (Phi) is 13.4. The number of nitrogens with one attached hydrogen (secondary N) is 1. The quantitative estimate of drug-likeness (QED) is 0.405. The van der Waals surface area contributed by atoms with Gasteiger partial charge in [0.25, 0.3) is 0 Å². The summed E-state index contributed by atoms with van der Waals surface area (Å²) in [5.74, 6) is -0.0728. The molecule has 3 heteroatoms. The van der Waals surface area contributed by atoms with Crippen molar-refractivity contribution < 1.29 is 9.53 Å². The summed E-state index contributed by atoms with van der Waals surface area (Å²) in [4.78, 5) is 11.5. The number of ether oxygens (including phenoxy) is 1. The topological polar surface area (TPSA) is 38.3 Å². The van der Waals surface area contributed by atoms with Crippen LogP contribution in [0.4, 0.5) is 0 Å². The molecule has 114 valence electrons. The van der Waals surface area contributed by atoms with Crippen molar-refractivity contribution in [1.29, 1.82) is 0 Å². The van der Waals surface area contributed by atoms with Crippen LogP contribution in [0.25, 0.3) is 0 Å². The molecule has 1 unspecified atom stereocenters. The van der Waals surface area contributed by atoms with Crippen LogP contribution < -0.4 is 5.32 Å². The molecule has 0 aliphatic rings. The summed E-state index contributed by atoms with van der Waals surface area (Å²) < 4.78 is 5.01. The highest BCUT2D eigenvalue weighted by molar-refractivity contribution is 5.70. The molecular weight excluding hydrogens is 238 g/mol. The second-order valence-corrected chi connectivity index (χ2v) is 5.17. The lowest BCUT2D eigenvalue weighted by Gasteiger charge is -2.16. The van der Waals surface area contributed by atoms with Gasteiger partial charge < -0.3 is 10.1 Å². The van der Waals surface area contributed by atoms with Gasteiger partial charge in [0.05, 0.1) is 13.0 Å². The van der Waals surface area contributed by atoms with Gasteiger partial charge in [0, 0.05) is 6.04 Å². The van der Waals surface area contributed by atoms with Gasteiger partial charge in [-0.25, -0.2) is 0 Å². The summed E-state index contributed by atoms with van der Waals surface area (Å²) in [6.45, 7) is 7.59. The van der Waals surface area contributed by atoms with E-state index >= 15 is 0 Å². The third-order valence-corrected chi connectivity index (χ3v) is 3.37. The van der Waals surface area contributed by atoms with Crippen LogP contribution in [0, 0.1) is 0 Å². The summed E-state index contributed by atoms with van der Waals surface area (Å²) in [6, 6.07) is 0.291. The third-order valence-electron chi connectivity index (χ3n) is 3.37. The van der Waals surface area contributed by atoms with Crippen LogP contribution in [0.15, 0.2) is 0 Å². The molecule has 1 atom stereocenters. The molecule has 0 amide bonds. The van der Waals surface area contributed by atoms with E-state index < -0.39 is 0 Å². The van der Waals surface area contributed by atoms with Gasteiger partial charge in [-0.3, -0.25) is 4.79 Å². The molecule has 0 aliphatic carbocycles. The van der Waals surface area contributed by atoms with E-state index in [1.807, 2.05) is 6.92 Å². The van der Waals surface area contributed by atoms with Crippen LogP contribution in [-0.4, -0.2) is 25.2 Å². The molecule has 0 rings (SSSR count). The molecule has 0 radical (unpaired) electrons. The van der Waals surface area contributed by atoms with Gasteiger partial charge in [0.1, 0.15) is 0 Å². The van der Waals surface area contributed by atoms with Crippen molar-refractivity contribution in [2.75, 3.05) is 13.2 Å². The highest BCUT2D eigenvalue weighted by Gasteiger charge is 2.13. The largest absolute Gasteiger partial charge is 0.466 e. The molecule has 0 aromatic heterocycles. The van der Waals surface area contributed by atoms with Gasteiger partial charge in [-0.15, -0.1) is 0 Å². The van der Waals surface area contributed by atoms with Crippen molar-refractivity contribution in [2.45, 2.75) is 84.6 Å². The molecule has 1 N–H and O–H groups in total. The van der Waals surface area contributed by atoms with E-state index in [9.17, 15) is 4.79 Å². The summed E-state index contributed by atoms with van der Waals surface area (Å²) in [5, 5.41) is 3.38. The van der Waals surface area contributed by atoms with Crippen molar-refractivity contribution in [3.63, 3.8) is 0 Å². The van der Waals surface area contributed by atoms with Gasteiger partial charge in [0.2, 0.25) is 0 Å². The molecule has 0 saturated carbocycles. The normalized spacial score (nSPS) is 12.4. The van der Waals surface area contributed by atoms with Gasteiger partial charge in [0.15, 0.2) is 0 Å². The predicted molar refractivity (Wildman–Crippen MR) is 81.3 cm³/mol. The third kappa shape index (κ3) is 12.2. The van der Waals surface area contributed by atoms with E-state index in [0.29, 0.717) is 19.1 Å². The van der Waals surface area contributed by atoms with Gasteiger partial charge in [-0.1, -0.05) is 58.8 Å². The Morgan fingerprint density at radius 2 is 1.63 bits per heavy atom. The molecule has 0 heterocycles. The number of hydrogen-bond acceptors (Lipinski definition) is 3. The zero-order chi connectivity index (χ0) is 14.3. The standard InChI is InChI=1S/C16H33NO2/c1-4-7-8-9-10-11-12-13-15(17-5-2)14-16(18)19-6-3/h15,17H,4-14H2,1-3H3. The van der Waals surface area contributed by atoms with Gasteiger partial charge in [-0.2, -0.15) is 0 Å². The first kappa shape index (κ1) is 18.4. The van der Waals surface area contributed by atoms with Crippen molar-refractivity contribution in [3.05, 3.63) is 0 Å². The van der Waals surface area contributed by atoms with Gasteiger partial charge >= 0.3 is 5.97 Å². The number of rotatable bonds is 13. The molecule has 19 heavy (non-hydrogen) atoms. The Balaban J connectivity index is 3.61. The molecule has 0 aromatic rings. The second-order valence-electron chi connectivity index (χ2n) is 5.17. The first-order chi connectivity index (χ1) is 9.24.